The van der Waals surface area contributed by atoms with Crippen molar-refractivity contribution in [2.24, 2.45) is 5.73 Å². The van der Waals surface area contributed by atoms with Crippen molar-refractivity contribution in [3.8, 4) is 0 Å². The Labute approximate surface area is 89.5 Å². The van der Waals surface area contributed by atoms with Crippen LogP contribution >= 0.6 is 12.2 Å². The van der Waals surface area contributed by atoms with Crippen LogP contribution in [0.2, 0.25) is 0 Å². The largest absolute Gasteiger partial charge is 0.388 e. The molecule has 2 N–H and O–H groups in total. The third kappa shape index (κ3) is 1.92. The van der Waals surface area contributed by atoms with Gasteiger partial charge in [0.1, 0.15) is 10.7 Å². The molecule has 1 aromatic rings. The van der Waals surface area contributed by atoms with E-state index >= 15 is 0 Å². The second-order valence-corrected chi connectivity index (χ2v) is 4.32. The van der Waals surface area contributed by atoms with Gasteiger partial charge in [0.15, 0.2) is 0 Å². The van der Waals surface area contributed by atoms with Gasteiger partial charge in [0.25, 0.3) is 0 Å². The highest BCUT2D eigenvalue weighted by Gasteiger charge is 2.19. The van der Waals surface area contributed by atoms with E-state index in [9.17, 15) is 0 Å². The third-order valence-corrected chi connectivity index (χ3v) is 2.19. The Morgan fingerprint density at radius 2 is 1.93 bits per heavy atom. The lowest BCUT2D eigenvalue weighted by Gasteiger charge is -2.13. The Kier molecular flexibility index (Phi) is 3.21. The van der Waals surface area contributed by atoms with Gasteiger partial charge in [0, 0.05) is 6.04 Å². The molecule has 0 atom stereocenters. The molecule has 78 valence electrons. The molecule has 0 saturated carbocycles. The first kappa shape index (κ1) is 11.1. The predicted molar refractivity (Wildman–Crippen MR) is 60.4 cm³/mol. The monoisotopic (exact) mass is 212 g/mol. The molecule has 0 aliphatic carbocycles. The van der Waals surface area contributed by atoms with Crippen molar-refractivity contribution in [1.82, 2.24) is 15.0 Å². The van der Waals surface area contributed by atoms with E-state index in [1.54, 1.807) is 0 Å². The van der Waals surface area contributed by atoms with Crippen LogP contribution in [0.4, 0.5) is 0 Å². The van der Waals surface area contributed by atoms with E-state index in [1.807, 2.05) is 4.68 Å². The summed E-state index contributed by atoms with van der Waals surface area (Å²) in [5, 5.41) is 8.06. The van der Waals surface area contributed by atoms with Crippen molar-refractivity contribution in [1.29, 1.82) is 0 Å². The number of thiocarbonyl (C=S) groups is 1. The number of nitrogens with two attached hydrogens (primary N) is 1. The van der Waals surface area contributed by atoms with E-state index in [2.05, 4.69) is 38.0 Å². The second-order valence-electron chi connectivity index (χ2n) is 3.88. The topological polar surface area (TPSA) is 56.7 Å². The highest BCUT2D eigenvalue weighted by Crippen LogP contribution is 2.20. The molecule has 0 unspecified atom stereocenters. The fraction of sp³-hybridized carbons (Fsp3) is 0.667. The van der Waals surface area contributed by atoms with Gasteiger partial charge in [-0.25, -0.2) is 4.68 Å². The van der Waals surface area contributed by atoms with Gasteiger partial charge in [-0.15, -0.1) is 5.10 Å². The number of nitrogens with zero attached hydrogens (tertiary/aromatic N) is 3. The van der Waals surface area contributed by atoms with Crippen molar-refractivity contribution < 1.29 is 0 Å². The van der Waals surface area contributed by atoms with Crippen LogP contribution in [0, 0.1) is 0 Å². The van der Waals surface area contributed by atoms with Crippen molar-refractivity contribution in [2.45, 2.75) is 39.7 Å². The lowest BCUT2D eigenvalue weighted by Crippen LogP contribution is -2.15. The molecule has 1 aromatic heterocycles. The molecule has 4 nitrogen and oxygen atoms in total. The van der Waals surface area contributed by atoms with Gasteiger partial charge in [-0.1, -0.05) is 31.3 Å². The van der Waals surface area contributed by atoms with Crippen molar-refractivity contribution in [2.75, 3.05) is 0 Å². The number of hydrogen-bond acceptors (Lipinski definition) is 3. The van der Waals surface area contributed by atoms with Crippen molar-refractivity contribution in [3.63, 3.8) is 0 Å². The first-order valence-corrected chi connectivity index (χ1v) is 5.10. The molecule has 1 rings (SSSR count). The Balaban J connectivity index is 3.27. The van der Waals surface area contributed by atoms with Crippen molar-refractivity contribution in [3.05, 3.63) is 11.4 Å². The number of rotatable bonds is 3. The van der Waals surface area contributed by atoms with Gasteiger partial charge in [-0.3, -0.25) is 0 Å². The van der Waals surface area contributed by atoms with Crippen LogP contribution in [0.3, 0.4) is 0 Å². The average Bonchev–Trinajstić information content (AvgIpc) is 2.46. The van der Waals surface area contributed by atoms with Crippen LogP contribution in [0.15, 0.2) is 0 Å². The summed E-state index contributed by atoms with van der Waals surface area (Å²) in [6, 6.07) is 0.281. The molecule has 0 amide bonds. The Morgan fingerprint density at radius 1 is 1.36 bits per heavy atom. The van der Waals surface area contributed by atoms with E-state index in [0.717, 1.165) is 5.69 Å². The maximum absolute atomic E-state index is 5.58. The summed E-state index contributed by atoms with van der Waals surface area (Å²) >= 11 is 4.93. The summed E-state index contributed by atoms with van der Waals surface area (Å²) in [5.74, 6) is 0.323. The van der Waals surface area contributed by atoms with Crippen LogP contribution in [-0.4, -0.2) is 20.0 Å². The molecule has 5 heteroatoms. The minimum Gasteiger partial charge on any atom is -0.388 e. The molecule has 0 aliphatic heterocycles. The summed E-state index contributed by atoms with van der Waals surface area (Å²) in [6.45, 7) is 8.28. The van der Waals surface area contributed by atoms with Crippen molar-refractivity contribution >= 4 is 17.2 Å². The maximum atomic E-state index is 5.58. The minimum absolute atomic E-state index is 0.281. The zero-order valence-electron chi connectivity index (χ0n) is 8.98. The number of aromatic nitrogens is 3. The molecule has 0 fully saturated rings. The van der Waals surface area contributed by atoms with Crippen LogP contribution in [0.25, 0.3) is 0 Å². The summed E-state index contributed by atoms with van der Waals surface area (Å²) in [5.41, 5.74) is 7.26. The van der Waals surface area contributed by atoms with E-state index in [4.69, 9.17) is 18.0 Å². The van der Waals surface area contributed by atoms with E-state index in [1.165, 1.54) is 0 Å². The zero-order valence-corrected chi connectivity index (χ0v) is 9.80. The van der Waals surface area contributed by atoms with Crippen LogP contribution in [0.5, 0.6) is 0 Å². The summed E-state index contributed by atoms with van der Waals surface area (Å²) in [4.78, 5) is 0.320. The average molecular weight is 212 g/mol. The van der Waals surface area contributed by atoms with E-state index < -0.39 is 0 Å². The molecule has 0 spiro atoms. The summed E-state index contributed by atoms with van der Waals surface area (Å²) in [7, 11) is 0. The van der Waals surface area contributed by atoms with Gasteiger partial charge in [0.2, 0.25) is 0 Å². The fourth-order valence-corrected chi connectivity index (χ4v) is 1.54. The highest BCUT2D eigenvalue weighted by molar-refractivity contribution is 7.80. The fourth-order valence-electron chi connectivity index (χ4n) is 1.40. The molecular weight excluding hydrogens is 196 g/mol. The minimum atomic E-state index is 0.281. The Morgan fingerprint density at radius 3 is 2.29 bits per heavy atom. The van der Waals surface area contributed by atoms with Crippen LogP contribution in [-0.2, 0) is 0 Å². The second kappa shape index (κ2) is 4.04. The maximum Gasteiger partial charge on any atom is 0.143 e. The molecule has 0 saturated heterocycles. The van der Waals surface area contributed by atoms with Gasteiger partial charge < -0.3 is 5.73 Å². The lowest BCUT2D eigenvalue weighted by molar-refractivity contribution is 0.484. The predicted octanol–water partition coefficient (Wildman–Crippen LogP) is 1.62. The van der Waals surface area contributed by atoms with Gasteiger partial charge in [-0.05, 0) is 19.8 Å². The smallest absolute Gasteiger partial charge is 0.143 e. The zero-order chi connectivity index (χ0) is 10.9. The summed E-state index contributed by atoms with van der Waals surface area (Å²) in [6.07, 6.45) is 0. The normalized spacial score (nSPS) is 11.3. The molecule has 14 heavy (non-hydrogen) atoms. The molecule has 0 bridgehead atoms. The summed E-state index contributed by atoms with van der Waals surface area (Å²) < 4.78 is 1.87. The first-order valence-electron chi connectivity index (χ1n) is 4.70. The highest BCUT2D eigenvalue weighted by atomic mass is 32.1. The standard InChI is InChI=1S/C9H16N4S/c1-5(2)8-7(9(10)14)11-12-13(8)6(3)4/h5-6H,1-4H3,(H2,10,14). The van der Waals surface area contributed by atoms with E-state index in [-0.39, 0.29) is 6.04 Å². The molecular formula is C9H16N4S. The van der Waals surface area contributed by atoms with Gasteiger partial charge in [-0.2, -0.15) is 0 Å². The van der Waals surface area contributed by atoms with Gasteiger partial charge >= 0.3 is 0 Å². The first-order chi connectivity index (χ1) is 6.45. The Bertz CT molecular complexity index is 341. The molecule has 0 aromatic carbocycles. The molecule has 1 heterocycles. The number of hydrogen-bond donors (Lipinski definition) is 1. The third-order valence-electron chi connectivity index (χ3n) is 2.00. The van der Waals surface area contributed by atoms with Crippen LogP contribution < -0.4 is 5.73 Å². The molecule has 0 radical (unpaired) electrons. The van der Waals surface area contributed by atoms with Gasteiger partial charge in [0.05, 0.1) is 5.69 Å². The Hall–Kier alpha value is -0.970. The SMILES string of the molecule is CC(C)c1c(C(N)=S)nnn1C(C)C. The lowest BCUT2D eigenvalue weighted by atomic mass is 10.1. The van der Waals surface area contributed by atoms with Crippen LogP contribution in [0.1, 0.15) is 51.0 Å². The molecule has 0 aliphatic rings. The van der Waals surface area contributed by atoms with E-state index in [0.29, 0.717) is 16.6 Å². The quantitative estimate of drug-likeness (QED) is 0.773.